The first-order valence-corrected chi connectivity index (χ1v) is 8.93. The number of carbonyl (C=O) groups is 2. The maximum absolute atomic E-state index is 11.1. The zero-order valence-electron chi connectivity index (χ0n) is 12.0. The first-order valence-electron chi connectivity index (χ1n) is 6.44. The van der Waals surface area contributed by atoms with Gasteiger partial charge in [0.25, 0.3) is 0 Å². The Balaban J connectivity index is 3.93. The number of rotatable bonds is 14. The molecule has 0 bridgehead atoms. The molecule has 0 aliphatic carbocycles. The van der Waals surface area contributed by atoms with Crippen molar-refractivity contribution in [2.45, 2.75) is 18.2 Å². The monoisotopic (exact) mass is 354 g/mol. The topological polar surface area (TPSA) is 142 Å². The highest BCUT2D eigenvalue weighted by Crippen LogP contribution is 2.22. The molecule has 0 aliphatic rings. The molecule has 0 spiro atoms. The van der Waals surface area contributed by atoms with Crippen molar-refractivity contribution in [2.75, 3.05) is 31.3 Å². The van der Waals surface area contributed by atoms with Crippen molar-refractivity contribution in [3.63, 3.8) is 0 Å². The number of hydrogen-bond acceptors (Lipinski definition) is 8. The third kappa shape index (κ3) is 10.9. The fourth-order valence-electron chi connectivity index (χ4n) is 1.15. The summed E-state index contributed by atoms with van der Waals surface area (Å²) in [6.07, 6.45) is 0.732. The van der Waals surface area contributed by atoms with Crippen LogP contribution in [0.15, 0.2) is 12.7 Å². The standard InChI is InChI=1S/C12H22N2O6S2/c1-2-3-20-5-8(15)4-14-10(12(18)19)7-22-21-6-9(13)11(16)17/h2,8-10,14-15H,1,3-7,13H2,(H,16,17)(H,18,19)/t8?,9-,10-/m0/s1. The van der Waals surface area contributed by atoms with Gasteiger partial charge in [-0.15, -0.1) is 6.58 Å². The van der Waals surface area contributed by atoms with Crippen LogP contribution in [-0.2, 0) is 14.3 Å². The third-order valence-electron chi connectivity index (χ3n) is 2.33. The van der Waals surface area contributed by atoms with Crippen molar-refractivity contribution in [1.29, 1.82) is 0 Å². The highest BCUT2D eigenvalue weighted by Gasteiger charge is 2.19. The number of nitrogens with two attached hydrogens (primary N) is 1. The van der Waals surface area contributed by atoms with Gasteiger partial charge >= 0.3 is 11.9 Å². The zero-order chi connectivity index (χ0) is 17.0. The molecule has 10 heteroatoms. The Hall–Kier alpha value is -0.780. The second kappa shape index (κ2) is 12.7. The second-order valence-electron chi connectivity index (χ2n) is 4.29. The van der Waals surface area contributed by atoms with Crippen LogP contribution in [-0.4, -0.2) is 76.7 Å². The molecular weight excluding hydrogens is 332 g/mol. The lowest BCUT2D eigenvalue weighted by Gasteiger charge is -2.17. The Kier molecular flexibility index (Phi) is 12.3. The fourth-order valence-corrected chi connectivity index (χ4v) is 3.45. The summed E-state index contributed by atoms with van der Waals surface area (Å²) in [4.78, 5) is 21.6. The molecule has 0 saturated carbocycles. The highest BCUT2D eigenvalue weighted by atomic mass is 33.1. The van der Waals surface area contributed by atoms with E-state index in [1.54, 1.807) is 6.08 Å². The van der Waals surface area contributed by atoms with Gasteiger partial charge < -0.3 is 31.1 Å². The number of hydrogen-bond donors (Lipinski definition) is 5. The van der Waals surface area contributed by atoms with Crippen LogP contribution in [0.25, 0.3) is 0 Å². The summed E-state index contributed by atoms with van der Waals surface area (Å²) >= 11 is 0. The molecule has 0 heterocycles. The van der Waals surface area contributed by atoms with Crippen molar-refractivity contribution in [1.82, 2.24) is 5.32 Å². The van der Waals surface area contributed by atoms with E-state index >= 15 is 0 Å². The quantitative estimate of drug-likeness (QED) is 0.156. The van der Waals surface area contributed by atoms with Gasteiger partial charge in [0.05, 0.1) is 19.3 Å². The Labute approximate surface area is 136 Å². The number of carboxylic acids is 2. The van der Waals surface area contributed by atoms with Gasteiger partial charge in [-0.05, 0) is 0 Å². The summed E-state index contributed by atoms with van der Waals surface area (Å²) in [5.41, 5.74) is 5.33. The van der Waals surface area contributed by atoms with Crippen molar-refractivity contribution >= 4 is 33.5 Å². The van der Waals surface area contributed by atoms with E-state index in [9.17, 15) is 14.7 Å². The molecule has 128 valence electrons. The minimum atomic E-state index is -1.09. The Morgan fingerprint density at radius 3 is 2.45 bits per heavy atom. The maximum atomic E-state index is 11.1. The fraction of sp³-hybridized carbons (Fsp3) is 0.667. The van der Waals surface area contributed by atoms with E-state index < -0.39 is 30.1 Å². The third-order valence-corrected chi connectivity index (χ3v) is 4.77. The van der Waals surface area contributed by atoms with Crippen LogP contribution in [0.1, 0.15) is 0 Å². The molecule has 0 fully saturated rings. The molecular formula is C12H22N2O6S2. The van der Waals surface area contributed by atoms with E-state index in [0.717, 1.165) is 0 Å². The first kappa shape index (κ1) is 21.2. The minimum Gasteiger partial charge on any atom is -0.480 e. The van der Waals surface area contributed by atoms with E-state index in [0.29, 0.717) is 6.61 Å². The predicted octanol–water partition coefficient (Wildman–Crippen LogP) is -0.614. The van der Waals surface area contributed by atoms with E-state index in [2.05, 4.69) is 11.9 Å². The summed E-state index contributed by atoms with van der Waals surface area (Å²) in [5, 5.41) is 30.0. The van der Waals surface area contributed by atoms with E-state index in [4.69, 9.17) is 20.7 Å². The van der Waals surface area contributed by atoms with E-state index in [1.807, 2.05) is 0 Å². The molecule has 0 saturated heterocycles. The zero-order valence-corrected chi connectivity index (χ0v) is 13.6. The lowest BCUT2D eigenvalue weighted by molar-refractivity contribution is -0.139. The van der Waals surface area contributed by atoms with Crippen LogP contribution in [0.3, 0.4) is 0 Å². The number of aliphatic hydroxyl groups excluding tert-OH is 1. The van der Waals surface area contributed by atoms with Crippen molar-refractivity contribution in [3.8, 4) is 0 Å². The summed E-state index contributed by atoms with van der Waals surface area (Å²) in [7, 11) is 2.41. The minimum absolute atomic E-state index is 0.0774. The lowest BCUT2D eigenvalue weighted by Crippen LogP contribution is -2.43. The average molecular weight is 354 g/mol. The molecule has 0 aromatic rings. The van der Waals surface area contributed by atoms with Gasteiger partial charge in [0.2, 0.25) is 0 Å². The predicted molar refractivity (Wildman–Crippen MR) is 87.0 cm³/mol. The van der Waals surface area contributed by atoms with Crippen molar-refractivity contribution in [2.24, 2.45) is 5.73 Å². The molecule has 0 amide bonds. The largest absolute Gasteiger partial charge is 0.480 e. The smallest absolute Gasteiger partial charge is 0.321 e. The van der Waals surface area contributed by atoms with Crippen molar-refractivity contribution in [3.05, 3.63) is 12.7 Å². The Morgan fingerprint density at radius 1 is 1.27 bits per heavy atom. The van der Waals surface area contributed by atoms with Crippen LogP contribution >= 0.6 is 21.6 Å². The highest BCUT2D eigenvalue weighted by molar-refractivity contribution is 8.76. The normalized spacial score (nSPS) is 15.0. The molecule has 0 aromatic carbocycles. The Bertz CT molecular complexity index is 359. The molecule has 0 rings (SSSR count). The van der Waals surface area contributed by atoms with Crippen LogP contribution in [0, 0.1) is 0 Å². The second-order valence-corrected chi connectivity index (χ2v) is 6.85. The summed E-state index contributed by atoms with van der Waals surface area (Å²) in [6.45, 7) is 3.95. The molecule has 0 radical (unpaired) electrons. The molecule has 1 unspecified atom stereocenters. The van der Waals surface area contributed by atoms with E-state index in [-0.39, 0.29) is 24.7 Å². The van der Waals surface area contributed by atoms with Gasteiger partial charge in [0.1, 0.15) is 12.1 Å². The van der Waals surface area contributed by atoms with E-state index in [1.165, 1.54) is 21.6 Å². The van der Waals surface area contributed by atoms with Gasteiger partial charge in [-0.2, -0.15) is 0 Å². The van der Waals surface area contributed by atoms with Crippen LogP contribution in [0.2, 0.25) is 0 Å². The molecule has 0 aromatic heterocycles. The molecule has 6 N–H and O–H groups in total. The number of aliphatic hydroxyl groups is 1. The Morgan fingerprint density at radius 2 is 1.91 bits per heavy atom. The van der Waals surface area contributed by atoms with Gasteiger partial charge in [-0.1, -0.05) is 27.7 Å². The van der Waals surface area contributed by atoms with Gasteiger partial charge in [-0.25, -0.2) is 0 Å². The number of aliphatic carboxylic acids is 2. The van der Waals surface area contributed by atoms with Gasteiger partial charge in [0.15, 0.2) is 0 Å². The summed E-state index contributed by atoms with van der Waals surface area (Å²) in [6, 6.07) is -1.83. The van der Waals surface area contributed by atoms with Crippen LogP contribution < -0.4 is 11.1 Å². The molecule has 3 atom stereocenters. The van der Waals surface area contributed by atoms with Gasteiger partial charge in [-0.3, -0.25) is 9.59 Å². The molecule has 22 heavy (non-hydrogen) atoms. The summed E-state index contributed by atoms with van der Waals surface area (Å²) < 4.78 is 5.05. The lowest BCUT2D eigenvalue weighted by atomic mass is 10.3. The average Bonchev–Trinajstić information content (AvgIpc) is 2.45. The first-order chi connectivity index (χ1) is 10.4. The van der Waals surface area contributed by atoms with Gasteiger partial charge in [0, 0.05) is 18.1 Å². The number of nitrogens with one attached hydrogen (secondary N) is 1. The maximum Gasteiger partial charge on any atom is 0.321 e. The molecule has 0 aliphatic heterocycles. The number of ether oxygens (including phenoxy) is 1. The van der Waals surface area contributed by atoms with Crippen LogP contribution in [0.5, 0.6) is 0 Å². The van der Waals surface area contributed by atoms with Crippen LogP contribution in [0.4, 0.5) is 0 Å². The molecule has 8 nitrogen and oxygen atoms in total. The number of carboxylic acid groups (broad SMARTS) is 2. The SMILES string of the molecule is C=CCOCC(O)CN[C@@H](CSSC[C@H](N)C(=O)O)C(=O)O. The summed E-state index contributed by atoms with van der Waals surface area (Å²) in [5.74, 6) is -1.74. The van der Waals surface area contributed by atoms with Crippen molar-refractivity contribution < 1.29 is 29.6 Å².